The molecule has 0 spiro atoms. The topological polar surface area (TPSA) is 50.4 Å². The van der Waals surface area contributed by atoms with Crippen LogP contribution in [0.2, 0.25) is 0 Å². The molecule has 4 heteroatoms. The van der Waals surface area contributed by atoms with Crippen LogP contribution >= 0.6 is 0 Å². The molecular weight excluding hydrogens is 204 g/mol. The summed E-state index contributed by atoms with van der Waals surface area (Å²) in [6, 6.07) is 0.717. The van der Waals surface area contributed by atoms with Crippen molar-refractivity contribution in [2.75, 3.05) is 6.54 Å². The first-order valence-electron chi connectivity index (χ1n) is 6.18. The van der Waals surface area contributed by atoms with Crippen LogP contribution < -0.4 is 10.6 Å². The van der Waals surface area contributed by atoms with E-state index < -0.39 is 5.60 Å². The summed E-state index contributed by atoms with van der Waals surface area (Å²) in [5.74, 6) is 0.766. The normalized spacial score (nSPS) is 30.2. The molecule has 0 radical (unpaired) electrons. The van der Waals surface area contributed by atoms with Crippen molar-refractivity contribution >= 4 is 6.09 Å². The molecule has 0 bridgehead atoms. The Hall–Kier alpha value is -0.770. The van der Waals surface area contributed by atoms with Crippen LogP contribution in [0.4, 0.5) is 4.79 Å². The zero-order chi connectivity index (χ0) is 11.8. The third-order valence-corrected chi connectivity index (χ3v) is 3.10. The Balaban J connectivity index is 1.81. The number of rotatable bonds is 2. The van der Waals surface area contributed by atoms with Crippen molar-refractivity contribution in [1.29, 1.82) is 0 Å². The molecule has 2 N–H and O–H groups in total. The lowest BCUT2D eigenvalue weighted by atomic mass is 10.1. The van der Waals surface area contributed by atoms with Crippen LogP contribution in [0.3, 0.4) is 0 Å². The summed E-state index contributed by atoms with van der Waals surface area (Å²) in [6.45, 7) is 6.66. The quantitative estimate of drug-likeness (QED) is 0.752. The highest BCUT2D eigenvalue weighted by atomic mass is 16.6. The fraction of sp³-hybridized carbons (Fsp3) is 0.917. The predicted octanol–water partition coefficient (Wildman–Crippen LogP) is 1.65. The number of hydrogen-bond acceptors (Lipinski definition) is 3. The maximum absolute atomic E-state index is 11.6. The van der Waals surface area contributed by atoms with Gasteiger partial charge in [-0.15, -0.1) is 0 Å². The fourth-order valence-electron chi connectivity index (χ4n) is 2.30. The van der Waals surface area contributed by atoms with Crippen molar-refractivity contribution < 1.29 is 9.53 Å². The number of carbonyl (C=O) groups excluding carboxylic acids is 1. The fourth-order valence-corrected chi connectivity index (χ4v) is 2.30. The van der Waals surface area contributed by atoms with Crippen LogP contribution in [0.1, 0.15) is 40.0 Å². The summed E-state index contributed by atoms with van der Waals surface area (Å²) in [4.78, 5) is 11.6. The van der Waals surface area contributed by atoms with Crippen LogP contribution in [0.15, 0.2) is 0 Å². The first kappa shape index (κ1) is 11.7. The summed E-state index contributed by atoms with van der Waals surface area (Å²) >= 11 is 0. The van der Waals surface area contributed by atoms with Crippen molar-refractivity contribution in [2.45, 2.75) is 57.7 Å². The smallest absolute Gasteiger partial charge is 0.407 e. The Labute approximate surface area is 97.1 Å². The average Bonchev–Trinajstić information content (AvgIpc) is 2.85. The van der Waals surface area contributed by atoms with Gasteiger partial charge < -0.3 is 15.4 Å². The molecule has 1 aliphatic carbocycles. The molecule has 2 atom stereocenters. The zero-order valence-electron chi connectivity index (χ0n) is 10.4. The van der Waals surface area contributed by atoms with Crippen molar-refractivity contribution in [3.05, 3.63) is 0 Å². The molecule has 2 fully saturated rings. The summed E-state index contributed by atoms with van der Waals surface area (Å²) in [6.07, 6.45) is 3.32. The molecule has 1 saturated carbocycles. The lowest BCUT2D eigenvalue weighted by molar-refractivity contribution is 0.0498. The highest BCUT2D eigenvalue weighted by Crippen LogP contribution is 2.36. The van der Waals surface area contributed by atoms with Crippen LogP contribution in [-0.2, 0) is 4.74 Å². The van der Waals surface area contributed by atoms with E-state index in [0.29, 0.717) is 6.04 Å². The summed E-state index contributed by atoms with van der Waals surface area (Å²) in [7, 11) is 0. The number of nitrogens with one attached hydrogen (secondary N) is 2. The second kappa shape index (κ2) is 4.24. The van der Waals surface area contributed by atoms with E-state index >= 15 is 0 Å². The Bertz CT molecular complexity index is 269. The van der Waals surface area contributed by atoms with E-state index in [1.54, 1.807) is 0 Å². The highest BCUT2D eigenvalue weighted by molar-refractivity contribution is 5.68. The molecule has 4 nitrogen and oxygen atoms in total. The first-order valence-corrected chi connectivity index (χ1v) is 6.18. The molecule has 2 rings (SSSR count). The first-order chi connectivity index (χ1) is 7.46. The van der Waals surface area contributed by atoms with E-state index in [0.717, 1.165) is 18.9 Å². The number of ether oxygens (including phenoxy) is 1. The van der Waals surface area contributed by atoms with Gasteiger partial charge in [0.1, 0.15) is 5.60 Å². The minimum absolute atomic E-state index is 0.252. The minimum Gasteiger partial charge on any atom is -0.444 e. The maximum atomic E-state index is 11.6. The van der Waals surface area contributed by atoms with Crippen LogP contribution in [0, 0.1) is 5.92 Å². The molecule has 0 aromatic heterocycles. The third-order valence-electron chi connectivity index (χ3n) is 3.10. The van der Waals surface area contributed by atoms with Gasteiger partial charge in [-0.25, -0.2) is 4.79 Å². The average molecular weight is 226 g/mol. The third kappa shape index (κ3) is 3.11. The lowest BCUT2D eigenvalue weighted by Gasteiger charge is -2.24. The van der Waals surface area contributed by atoms with Crippen LogP contribution in [-0.4, -0.2) is 30.3 Å². The molecule has 1 amide bonds. The van der Waals surface area contributed by atoms with Gasteiger partial charge in [0.15, 0.2) is 0 Å². The Morgan fingerprint density at radius 2 is 2.00 bits per heavy atom. The molecular formula is C12H22N2O2. The Morgan fingerprint density at radius 3 is 2.56 bits per heavy atom. The SMILES string of the molecule is CC(C)(C)OC(=O)N[C@H]1CCN[C@@H]1C1CC1. The molecule has 0 unspecified atom stereocenters. The standard InChI is InChI=1S/C12H22N2O2/c1-12(2,3)16-11(15)14-9-6-7-13-10(9)8-4-5-8/h8-10,13H,4-7H2,1-3H3,(H,14,15)/t9-,10+/m0/s1. The maximum Gasteiger partial charge on any atom is 0.407 e. The second-order valence-corrected chi connectivity index (χ2v) is 5.86. The predicted molar refractivity (Wildman–Crippen MR) is 62.3 cm³/mol. The van der Waals surface area contributed by atoms with Crippen LogP contribution in [0.5, 0.6) is 0 Å². The van der Waals surface area contributed by atoms with Crippen LogP contribution in [0.25, 0.3) is 0 Å². The van der Waals surface area contributed by atoms with E-state index in [2.05, 4.69) is 10.6 Å². The van der Waals surface area contributed by atoms with E-state index in [4.69, 9.17) is 4.74 Å². The number of hydrogen-bond donors (Lipinski definition) is 2. The van der Waals surface area contributed by atoms with E-state index in [1.807, 2.05) is 20.8 Å². The molecule has 0 aromatic carbocycles. The number of carbonyl (C=O) groups is 1. The zero-order valence-corrected chi connectivity index (χ0v) is 10.4. The van der Waals surface area contributed by atoms with Crippen molar-refractivity contribution in [2.24, 2.45) is 5.92 Å². The Kier molecular flexibility index (Phi) is 3.10. The van der Waals surface area contributed by atoms with Gasteiger partial charge in [-0.1, -0.05) is 0 Å². The van der Waals surface area contributed by atoms with Gasteiger partial charge in [0.25, 0.3) is 0 Å². The van der Waals surface area contributed by atoms with Crippen molar-refractivity contribution in [1.82, 2.24) is 10.6 Å². The molecule has 1 aliphatic heterocycles. The second-order valence-electron chi connectivity index (χ2n) is 5.86. The van der Waals surface area contributed by atoms with Gasteiger partial charge in [0, 0.05) is 12.1 Å². The Morgan fingerprint density at radius 1 is 1.31 bits per heavy atom. The molecule has 92 valence electrons. The molecule has 1 saturated heterocycles. The van der Waals surface area contributed by atoms with E-state index in [9.17, 15) is 4.79 Å². The van der Waals surface area contributed by atoms with Crippen molar-refractivity contribution in [3.63, 3.8) is 0 Å². The largest absolute Gasteiger partial charge is 0.444 e. The van der Waals surface area contributed by atoms with Gasteiger partial charge in [0.05, 0.1) is 0 Å². The van der Waals surface area contributed by atoms with Gasteiger partial charge >= 0.3 is 6.09 Å². The van der Waals surface area contributed by atoms with Gasteiger partial charge in [-0.2, -0.15) is 0 Å². The van der Waals surface area contributed by atoms with E-state index in [-0.39, 0.29) is 12.1 Å². The number of alkyl carbamates (subject to hydrolysis) is 1. The molecule has 0 aromatic rings. The van der Waals surface area contributed by atoms with Gasteiger partial charge in [-0.05, 0) is 52.5 Å². The minimum atomic E-state index is -0.412. The van der Waals surface area contributed by atoms with Crippen molar-refractivity contribution in [3.8, 4) is 0 Å². The van der Waals surface area contributed by atoms with Gasteiger partial charge in [-0.3, -0.25) is 0 Å². The monoisotopic (exact) mass is 226 g/mol. The molecule has 16 heavy (non-hydrogen) atoms. The van der Waals surface area contributed by atoms with Gasteiger partial charge in [0.2, 0.25) is 0 Å². The lowest BCUT2D eigenvalue weighted by Crippen LogP contribution is -2.46. The molecule has 1 heterocycles. The summed E-state index contributed by atoms with van der Waals surface area (Å²) in [5.41, 5.74) is -0.412. The summed E-state index contributed by atoms with van der Waals surface area (Å²) in [5, 5.41) is 6.45. The highest BCUT2D eigenvalue weighted by Gasteiger charge is 2.40. The van der Waals surface area contributed by atoms with E-state index in [1.165, 1.54) is 12.8 Å². The number of amides is 1. The summed E-state index contributed by atoms with van der Waals surface area (Å²) < 4.78 is 5.27. The molecule has 2 aliphatic rings.